The minimum absolute atomic E-state index is 0.379. The van der Waals surface area contributed by atoms with E-state index in [2.05, 4.69) is 18.8 Å². The zero-order chi connectivity index (χ0) is 9.84. The topological polar surface area (TPSA) is 33.1 Å². The molecule has 0 aliphatic rings. The molecule has 1 heterocycles. The molecule has 0 aliphatic heterocycles. The van der Waals surface area contributed by atoms with Gasteiger partial charge >= 0.3 is 0 Å². The van der Waals surface area contributed by atoms with Gasteiger partial charge in [0.2, 0.25) is 0 Å². The largest absolute Gasteiger partial charge is 0.388 e. The summed E-state index contributed by atoms with van der Waals surface area (Å²) in [6.45, 7) is 6.12. The lowest BCUT2D eigenvalue weighted by Gasteiger charge is -2.00. The van der Waals surface area contributed by atoms with E-state index in [4.69, 9.17) is 0 Å². The third kappa shape index (κ3) is 3.67. The van der Waals surface area contributed by atoms with Gasteiger partial charge in [-0.15, -0.1) is 11.3 Å². The van der Waals surface area contributed by atoms with Crippen molar-refractivity contribution in [3.63, 3.8) is 0 Å². The maximum Gasteiger partial charge on any atom is 0.103 e. The molecule has 0 saturated carbocycles. The van der Waals surface area contributed by atoms with Crippen LogP contribution in [-0.2, 0) is 5.75 Å². The summed E-state index contributed by atoms with van der Waals surface area (Å²) in [6, 6.07) is 0. The SMILES string of the molecule is CC(C)SCc1ncc(C(C)O)s1. The fourth-order valence-corrected chi connectivity index (χ4v) is 2.47. The molecule has 0 saturated heterocycles. The van der Waals surface area contributed by atoms with Crippen molar-refractivity contribution >= 4 is 23.1 Å². The molecule has 0 aliphatic carbocycles. The summed E-state index contributed by atoms with van der Waals surface area (Å²) in [4.78, 5) is 5.20. The second kappa shape index (κ2) is 4.98. The monoisotopic (exact) mass is 217 g/mol. The van der Waals surface area contributed by atoms with E-state index in [0.29, 0.717) is 5.25 Å². The molecule has 4 heteroatoms. The minimum atomic E-state index is -0.379. The molecule has 0 fully saturated rings. The number of aromatic nitrogens is 1. The van der Waals surface area contributed by atoms with Crippen LogP contribution in [0.3, 0.4) is 0 Å². The summed E-state index contributed by atoms with van der Waals surface area (Å²) >= 11 is 3.48. The van der Waals surface area contributed by atoms with E-state index in [1.165, 1.54) is 0 Å². The van der Waals surface area contributed by atoms with Gasteiger partial charge in [-0.2, -0.15) is 11.8 Å². The number of hydrogen-bond donors (Lipinski definition) is 1. The molecule has 0 radical (unpaired) electrons. The highest BCUT2D eigenvalue weighted by Gasteiger charge is 2.06. The molecule has 13 heavy (non-hydrogen) atoms. The quantitative estimate of drug-likeness (QED) is 0.842. The van der Waals surface area contributed by atoms with E-state index >= 15 is 0 Å². The Morgan fingerprint density at radius 2 is 2.23 bits per heavy atom. The van der Waals surface area contributed by atoms with Crippen LogP contribution in [0.5, 0.6) is 0 Å². The van der Waals surface area contributed by atoms with Gasteiger partial charge in [-0.1, -0.05) is 13.8 Å². The zero-order valence-corrected chi connectivity index (χ0v) is 9.78. The maximum atomic E-state index is 9.28. The van der Waals surface area contributed by atoms with Crippen LogP contribution in [0.1, 0.15) is 36.8 Å². The predicted molar refractivity (Wildman–Crippen MR) is 59.2 cm³/mol. The Hall–Kier alpha value is -0.0600. The summed E-state index contributed by atoms with van der Waals surface area (Å²) in [5.41, 5.74) is 0. The van der Waals surface area contributed by atoms with Crippen LogP contribution in [-0.4, -0.2) is 15.3 Å². The first-order valence-corrected chi connectivity index (χ1v) is 6.20. The third-order valence-electron chi connectivity index (χ3n) is 1.52. The molecule has 1 aromatic rings. The van der Waals surface area contributed by atoms with Crippen LogP contribution in [0, 0.1) is 0 Å². The summed E-state index contributed by atoms with van der Waals surface area (Å²) in [6.07, 6.45) is 1.39. The lowest BCUT2D eigenvalue weighted by atomic mass is 10.4. The number of nitrogens with zero attached hydrogens (tertiary/aromatic N) is 1. The Labute approximate surface area is 87.4 Å². The molecule has 0 amide bonds. The van der Waals surface area contributed by atoms with Gasteiger partial charge in [-0.05, 0) is 12.2 Å². The fourth-order valence-electron chi connectivity index (χ4n) is 0.822. The number of aliphatic hydroxyl groups is 1. The van der Waals surface area contributed by atoms with Crippen molar-refractivity contribution in [1.82, 2.24) is 4.98 Å². The highest BCUT2D eigenvalue weighted by atomic mass is 32.2. The van der Waals surface area contributed by atoms with Gasteiger partial charge < -0.3 is 5.11 Å². The number of rotatable bonds is 4. The van der Waals surface area contributed by atoms with Crippen molar-refractivity contribution in [3.8, 4) is 0 Å². The van der Waals surface area contributed by atoms with Crippen molar-refractivity contribution in [1.29, 1.82) is 0 Å². The second-order valence-corrected chi connectivity index (χ2v) is 5.90. The molecule has 1 unspecified atom stereocenters. The van der Waals surface area contributed by atoms with Crippen molar-refractivity contribution in [2.24, 2.45) is 0 Å². The minimum Gasteiger partial charge on any atom is -0.388 e. The van der Waals surface area contributed by atoms with E-state index in [1.807, 2.05) is 11.8 Å². The molecule has 74 valence electrons. The second-order valence-electron chi connectivity index (χ2n) is 3.19. The molecular weight excluding hydrogens is 202 g/mol. The van der Waals surface area contributed by atoms with Gasteiger partial charge in [-0.3, -0.25) is 0 Å². The van der Waals surface area contributed by atoms with Gasteiger partial charge in [0.05, 0.1) is 11.0 Å². The van der Waals surface area contributed by atoms with E-state index in [9.17, 15) is 5.11 Å². The number of thiazole rings is 1. The number of hydrogen-bond acceptors (Lipinski definition) is 4. The van der Waals surface area contributed by atoms with Crippen molar-refractivity contribution in [3.05, 3.63) is 16.1 Å². The zero-order valence-electron chi connectivity index (χ0n) is 8.15. The van der Waals surface area contributed by atoms with Crippen LogP contribution in [0.25, 0.3) is 0 Å². The first-order valence-electron chi connectivity index (χ1n) is 4.34. The van der Waals surface area contributed by atoms with Crippen molar-refractivity contribution < 1.29 is 5.11 Å². The molecule has 2 nitrogen and oxygen atoms in total. The molecule has 1 aromatic heterocycles. The molecule has 1 N–H and O–H groups in total. The molecule has 0 spiro atoms. The van der Waals surface area contributed by atoms with Gasteiger partial charge in [0.15, 0.2) is 0 Å². The Kier molecular flexibility index (Phi) is 4.22. The first-order chi connectivity index (χ1) is 6.09. The molecule has 1 rings (SSSR count). The Morgan fingerprint density at radius 1 is 1.54 bits per heavy atom. The van der Waals surface area contributed by atoms with E-state index < -0.39 is 0 Å². The van der Waals surface area contributed by atoms with E-state index in [1.54, 1.807) is 24.5 Å². The molecular formula is C9H15NOS2. The van der Waals surface area contributed by atoms with Gasteiger partial charge in [0, 0.05) is 11.9 Å². The van der Waals surface area contributed by atoms with E-state index in [-0.39, 0.29) is 6.10 Å². The van der Waals surface area contributed by atoms with Crippen LogP contribution in [0.2, 0.25) is 0 Å². The van der Waals surface area contributed by atoms with Crippen LogP contribution in [0.15, 0.2) is 6.20 Å². The Bertz CT molecular complexity index is 258. The third-order valence-corrected chi connectivity index (χ3v) is 3.98. The smallest absolute Gasteiger partial charge is 0.103 e. The number of aliphatic hydroxyl groups excluding tert-OH is 1. The molecule has 0 bridgehead atoms. The highest BCUT2D eigenvalue weighted by molar-refractivity contribution is 7.99. The number of thioether (sulfide) groups is 1. The predicted octanol–water partition coefficient (Wildman–Crippen LogP) is 2.84. The summed E-state index contributed by atoms with van der Waals surface area (Å²) in [7, 11) is 0. The lowest BCUT2D eigenvalue weighted by molar-refractivity contribution is 0.203. The first kappa shape index (κ1) is 11.0. The highest BCUT2D eigenvalue weighted by Crippen LogP contribution is 2.24. The van der Waals surface area contributed by atoms with Crippen molar-refractivity contribution in [2.45, 2.75) is 37.9 Å². The summed E-state index contributed by atoms with van der Waals surface area (Å²) in [5.74, 6) is 0.953. The average molecular weight is 217 g/mol. The Morgan fingerprint density at radius 3 is 2.69 bits per heavy atom. The standard InChI is InChI=1S/C9H15NOS2/c1-6(2)12-5-9-10-4-8(13-9)7(3)11/h4,6-7,11H,5H2,1-3H3. The molecule has 0 aromatic carbocycles. The Balaban J connectivity index is 2.49. The van der Waals surface area contributed by atoms with Gasteiger partial charge in [0.1, 0.15) is 5.01 Å². The maximum absolute atomic E-state index is 9.28. The van der Waals surface area contributed by atoms with Gasteiger partial charge in [0.25, 0.3) is 0 Å². The van der Waals surface area contributed by atoms with Crippen molar-refractivity contribution in [2.75, 3.05) is 0 Å². The van der Waals surface area contributed by atoms with Crippen LogP contribution in [0.4, 0.5) is 0 Å². The normalized spacial score (nSPS) is 13.6. The van der Waals surface area contributed by atoms with Crippen LogP contribution >= 0.6 is 23.1 Å². The van der Waals surface area contributed by atoms with Crippen LogP contribution < -0.4 is 0 Å². The average Bonchev–Trinajstić information content (AvgIpc) is 2.48. The summed E-state index contributed by atoms with van der Waals surface area (Å²) in [5, 5.41) is 11.0. The lowest BCUT2D eigenvalue weighted by Crippen LogP contribution is -1.87. The summed E-state index contributed by atoms with van der Waals surface area (Å²) < 4.78 is 0. The molecule has 1 atom stereocenters. The van der Waals surface area contributed by atoms with E-state index in [0.717, 1.165) is 15.6 Å². The van der Waals surface area contributed by atoms with Gasteiger partial charge in [-0.25, -0.2) is 4.98 Å². The fraction of sp³-hybridized carbons (Fsp3) is 0.667.